The molecule has 0 aliphatic carbocycles. The van der Waals surface area contributed by atoms with Crippen molar-refractivity contribution in [2.24, 2.45) is 0 Å². The van der Waals surface area contributed by atoms with Gasteiger partial charge in [0.1, 0.15) is 11.5 Å². The zero-order chi connectivity index (χ0) is 17.0. The first kappa shape index (κ1) is 17.5. The van der Waals surface area contributed by atoms with Gasteiger partial charge in [-0.2, -0.15) is 0 Å². The number of hydrogen-bond acceptors (Lipinski definition) is 4. The second kappa shape index (κ2) is 7.63. The highest BCUT2D eigenvalue weighted by atomic mass is 35.5. The number of furan rings is 1. The summed E-state index contributed by atoms with van der Waals surface area (Å²) in [6, 6.07) is 7.44. The number of benzene rings is 1. The first-order valence-electron chi connectivity index (χ1n) is 6.27. The molecule has 1 aromatic carbocycles. The van der Waals surface area contributed by atoms with Crippen LogP contribution in [0.4, 0.5) is 5.69 Å². The molecule has 2 N–H and O–H groups in total. The van der Waals surface area contributed by atoms with Gasteiger partial charge in [0.25, 0.3) is 0 Å². The molecular formula is C14H11Cl2NO5S. The standard InChI is InChI=1S/C14H11Cl2NO5S/c15-9-2-1-3-10(13(9)16)17-12(18)7-23(21)6-8-4-5-11(22-8)14(19)20/h1-5H,6-7H2,(H,17,18)(H,19,20). The van der Waals surface area contributed by atoms with Crippen LogP contribution in [0.15, 0.2) is 34.7 Å². The molecule has 0 saturated carbocycles. The Morgan fingerprint density at radius 2 is 1.96 bits per heavy atom. The maximum atomic E-state index is 11.9. The second-order valence-corrected chi connectivity index (χ2v) is 6.69. The molecule has 6 nitrogen and oxygen atoms in total. The van der Waals surface area contributed by atoms with Crippen LogP contribution in [0.2, 0.25) is 10.0 Å². The molecule has 0 spiro atoms. The van der Waals surface area contributed by atoms with Crippen LogP contribution in [0.25, 0.3) is 0 Å². The molecule has 0 radical (unpaired) electrons. The number of amides is 1. The van der Waals surface area contributed by atoms with Gasteiger partial charge >= 0.3 is 5.97 Å². The maximum absolute atomic E-state index is 11.9. The van der Waals surface area contributed by atoms with Crippen molar-refractivity contribution in [3.8, 4) is 0 Å². The maximum Gasteiger partial charge on any atom is 0.371 e. The molecule has 1 heterocycles. The zero-order valence-electron chi connectivity index (χ0n) is 11.5. The van der Waals surface area contributed by atoms with Gasteiger partial charge in [-0.05, 0) is 24.3 Å². The Morgan fingerprint density at radius 1 is 1.22 bits per heavy atom. The lowest BCUT2D eigenvalue weighted by Gasteiger charge is -2.07. The van der Waals surface area contributed by atoms with Crippen molar-refractivity contribution in [2.75, 3.05) is 11.1 Å². The zero-order valence-corrected chi connectivity index (χ0v) is 13.9. The molecule has 1 unspecified atom stereocenters. The minimum atomic E-state index is -1.56. The highest BCUT2D eigenvalue weighted by Gasteiger charge is 2.15. The molecular weight excluding hydrogens is 365 g/mol. The quantitative estimate of drug-likeness (QED) is 0.807. The predicted octanol–water partition coefficient (Wildman–Crippen LogP) is 3.17. The highest BCUT2D eigenvalue weighted by Crippen LogP contribution is 2.29. The lowest BCUT2D eigenvalue weighted by Crippen LogP contribution is -2.20. The Bertz CT molecular complexity index is 774. The Morgan fingerprint density at radius 3 is 2.61 bits per heavy atom. The van der Waals surface area contributed by atoms with Gasteiger partial charge in [-0.3, -0.25) is 9.00 Å². The van der Waals surface area contributed by atoms with Crippen molar-refractivity contribution in [3.63, 3.8) is 0 Å². The van der Waals surface area contributed by atoms with E-state index in [1.807, 2.05) is 0 Å². The van der Waals surface area contributed by atoms with Gasteiger partial charge in [0.15, 0.2) is 0 Å². The van der Waals surface area contributed by atoms with Gasteiger partial charge in [-0.25, -0.2) is 4.79 Å². The van der Waals surface area contributed by atoms with Crippen LogP contribution in [0.5, 0.6) is 0 Å². The fraction of sp³-hybridized carbons (Fsp3) is 0.143. The third-order valence-corrected chi connectivity index (χ3v) is 4.70. The Balaban J connectivity index is 1.93. The number of aromatic carboxylic acids is 1. The first-order valence-corrected chi connectivity index (χ1v) is 8.52. The van der Waals surface area contributed by atoms with Crippen molar-refractivity contribution in [1.29, 1.82) is 0 Å². The van der Waals surface area contributed by atoms with Crippen LogP contribution in [-0.2, 0) is 21.3 Å². The minimum absolute atomic E-state index is 0.0655. The Labute approximate surface area is 143 Å². The van der Waals surface area contributed by atoms with Crippen LogP contribution in [-0.4, -0.2) is 26.9 Å². The predicted molar refractivity (Wildman–Crippen MR) is 87.5 cm³/mol. The number of halogens is 2. The number of carbonyl (C=O) groups excluding carboxylic acids is 1. The molecule has 2 aromatic rings. The van der Waals surface area contributed by atoms with E-state index in [4.69, 9.17) is 32.7 Å². The summed E-state index contributed by atoms with van der Waals surface area (Å²) in [6.45, 7) is 0. The Hall–Kier alpha value is -1.83. The number of carboxylic acid groups (broad SMARTS) is 1. The van der Waals surface area contributed by atoms with E-state index in [2.05, 4.69) is 5.32 Å². The Kier molecular flexibility index (Phi) is 5.81. The topological polar surface area (TPSA) is 96.6 Å². The van der Waals surface area contributed by atoms with Gasteiger partial charge in [-0.15, -0.1) is 0 Å². The molecule has 1 amide bonds. The van der Waals surface area contributed by atoms with E-state index in [9.17, 15) is 13.8 Å². The highest BCUT2D eigenvalue weighted by molar-refractivity contribution is 7.84. The minimum Gasteiger partial charge on any atom is -0.475 e. The van der Waals surface area contributed by atoms with Crippen LogP contribution in [0, 0.1) is 0 Å². The van der Waals surface area contributed by atoms with Crippen molar-refractivity contribution in [3.05, 3.63) is 51.9 Å². The average Bonchev–Trinajstić information content (AvgIpc) is 2.92. The molecule has 1 atom stereocenters. The van der Waals surface area contributed by atoms with Crippen molar-refractivity contribution < 1.29 is 23.3 Å². The SMILES string of the molecule is O=C(CS(=O)Cc1ccc(C(=O)O)o1)Nc1cccc(Cl)c1Cl. The average molecular weight is 376 g/mol. The third kappa shape index (κ3) is 4.82. The summed E-state index contributed by atoms with van der Waals surface area (Å²) < 4.78 is 16.9. The lowest BCUT2D eigenvalue weighted by atomic mass is 10.3. The number of anilines is 1. The number of rotatable bonds is 6. The molecule has 0 fully saturated rings. The summed E-state index contributed by atoms with van der Waals surface area (Å²) in [4.78, 5) is 22.5. The molecule has 0 aliphatic heterocycles. The lowest BCUT2D eigenvalue weighted by molar-refractivity contribution is -0.113. The summed E-state index contributed by atoms with van der Waals surface area (Å²) in [5.41, 5.74) is 0.326. The normalized spacial score (nSPS) is 11.9. The van der Waals surface area contributed by atoms with Gasteiger partial charge in [0.05, 0.1) is 21.5 Å². The van der Waals surface area contributed by atoms with E-state index in [0.29, 0.717) is 10.7 Å². The monoisotopic (exact) mass is 375 g/mol. The molecule has 1 aromatic heterocycles. The summed E-state index contributed by atoms with van der Waals surface area (Å²) in [7, 11) is -1.56. The van der Waals surface area contributed by atoms with Crippen molar-refractivity contribution in [1.82, 2.24) is 0 Å². The van der Waals surface area contributed by atoms with E-state index in [1.54, 1.807) is 18.2 Å². The van der Waals surface area contributed by atoms with E-state index in [-0.39, 0.29) is 28.0 Å². The molecule has 0 bridgehead atoms. The van der Waals surface area contributed by atoms with Gasteiger partial charge < -0.3 is 14.8 Å². The number of carbonyl (C=O) groups is 2. The molecule has 2 rings (SSSR count). The summed E-state index contributed by atoms with van der Waals surface area (Å²) in [5, 5.41) is 11.7. The fourth-order valence-corrected chi connectivity index (χ4v) is 3.00. The number of carboxylic acids is 1. The van der Waals surface area contributed by atoms with Crippen LogP contribution >= 0.6 is 23.2 Å². The van der Waals surface area contributed by atoms with Gasteiger partial charge in [0, 0.05) is 10.8 Å². The second-order valence-electron chi connectivity index (χ2n) is 4.45. The van der Waals surface area contributed by atoms with Crippen LogP contribution in [0.3, 0.4) is 0 Å². The largest absolute Gasteiger partial charge is 0.475 e. The van der Waals surface area contributed by atoms with E-state index in [1.165, 1.54) is 12.1 Å². The third-order valence-electron chi connectivity index (χ3n) is 2.69. The fourth-order valence-electron chi connectivity index (χ4n) is 1.71. The smallest absolute Gasteiger partial charge is 0.371 e. The van der Waals surface area contributed by atoms with Crippen molar-refractivity contribution in [2.45, 2.75) is 5.75 Å². The van der Waals surface area contributed by atoms with Gasteiger partial charge in [-0.1, -0.05) is 29.3 Å². The van der Waals surface area contributed by atoms with Crippen molar-refractivity contribution >= 4 is 51.6 Å². The first-order chi connectivity index (χ1) is 10.9. The van der Waals surface area contributed by atoms with E-state index in [0.717, 1.165) is 0 Å². The summed E-state index contributed by atoms with van der Waals surface area (Å²) in [5.74, 6) is -2.08. The molecule has 23 heavy (non-hydrogen) atoms. The summed E-state index contributed by atoms with van der Waals surface area (Å²) >= 11 is 11.8. The number of nitrogens with one attached hydrogen (secondary N) is 1. The summed E-state index contributed by atoms with van der Waals surface area (Å²) in [6.07, 6.45) is 0. The van der Waals surface area contributed by atoms with Crippen LogP contribution in [0.1, 0.15) is 16.3 Å². The van der Waals surface area contributed by atoms with E-state index < -0.39 is 22.7 Å². The molecule has 122 valence electrons. The molecule has 0 saturated heterocycles. The van der Waals surface area contributed by atoms with Gasteiger partial charge in [0.2, 0.25) is 11.7 Å². The molecule has 9 heteroatoms. The molecule has 0 aliphatic rings. The van der Waals surface area contributed by atoms with E-state index >= 15 is 0 Å². The number of hydrogen-bond donors (Lipinski definition) is 2. The van der Waals surface area contributed by atoms with Crippen LogP contribution < -0.4 is 5.32 Å².